The molecule has 0 aliphatic heterocycles. The van der Waals surface area contributed by atoms with Crippen molar-refractivity contribution in [1.82, 2.24) is 15.2 Å². The van der Waals surface area contributed by atoms with Crippen molar-refractivity contribution in [3.8, 4) is 0 Å². The fourth-order valence-electron chi connectivity index (χ4n) is 2.65. The van der Waals surface area contributed by atoms with Gasteiger partial charge in [0.25, 0.3) is 0 Å². The number of anilines is 1. The molecule has 0 amide bonds. The van der Waals surface area contributed by atoms with Gasteiger partial charge < -0.3 is 5.32 Å². The quantitative estimate of drug-likeness (QED) is 0.874. The number of H-pyrrole nitrogens is 1. The molecule has 2 N–H and O–H groups in total. The van der Waals surface area contributed by atoms with E-state index in [1.165, 1.54) is 49.0 Å². The fourth-order valence-corrected chi connectivity index (χ4v) is 3.34. The highest BCUT2D eigenvalue weighted by Crippen LogP contribution is 2.26. The van der Waals surface area contributed by atoms with Gasteiger partial charge in [0.15, 0.2) is 5.16 Å². The van der Waals surface area contributed by atoms with Crippen LogP contribution in [0.2, 0.25) is 0 Å². The first-order valence-corrected chi connectivity index (χ1v) is 8.09. The number of rotatable bonds is 5. The summed E-state index contributed by atoms with van der Waals surface area (Å²) in [5, 5.41) is 11.1. The molecule has 1 aliphatic carbocycles. The smallest absolute Gasteiger partial charge is 0.188 e. The Balaban J connectivity index is 1.50. The SMILES string of the molecule is c1n[nH]c(Sc2ccc(NCC3CCCCC3)cc2)n1. The van der Waals surface area contributed by atoms with Gasteiger partial charge in [-0.3, -0.25) is 5.10 Å². The summed E-state index contributed by atoms with van der Waals surface area (Å²) in [7, 11) is 0. The molecule has 3 rings (SSSR count). The van der Waals surface area contributed by atoms with E-state index in [1.54, 1.807) is 11.8 Å². The second-order valence-corrected chi connectivity index (χ2v) is 6.36. The van der Waals surface area contributed by atoms with Gasteiger partial charge in [-0.15, -0.1) is 0 Å². The van der Waals surface area contributed by atoms with Gasteiger partial charge in [-0.1, -0.05) is 31.0 Å². The Bertz CT molecular complexity index is 503. The molecule has 1 aromatic heterocycles. The summed E-state index contributed by atoms with van der Waals surface area (Å²) in [5.41, 5.74) is 1.21. The van der Waals surface area contributed by atoms with E-state index in [2.05, 4.69) is 44.8 Å². The average molecular weight is 288 g/mol. The number of hydrogen-bond donors (Lipinski definition) is 2. The van der Waals surface area contributed by atoms with Crippen LogP contribution >= 0.6 is 11.8 Å². The van der Waals surface area contributed by atoms with Crippen LogP contribution < -0.4 is 5.32 Å². The molecule has 1 fully saturated rings. The first-order chi connectivity index (χ1) is 9.90. The standard InChI is InChI=1S/C15H20N4S/c1-2-4-12(5-3-1)10-16-13-6-8-14(9-7-13)20-15-17-11-18-19-15/h6-9,11-12,16H,1-5,10H2,(H,17,18,19). The Labute approximate surface area is 123 Å². The highest BCUT2D eigenvalue weighted by Gasteiger charge is 2.12. The third-order valence-electron chi connectivity index (χ3n) is 3.78. The maximum absolute atomic E-state index is 4.11. The highest BCUT2D eigenvalue weighted by atomic mass is 32.2. The minimum absolute atomic E-state index is 0.827. The molecule has 1 aliphatic rings. The number of aromatic nitrogens is 3. The molecule has 4 nitrogen and oxygen atoms in total. The van der Waals surface area contributed by atoms with Crippen LogP contribution in [0.3, 0.4) is 0 Å². The lowest BCUT2D eigenvalue weighted by molar-refractivity contribution is 0.373. The second kappa shape index (κ2) is 6.79. The lowest BCUT2D eigenvalue weighted by Gasteiger charge is -2.22. The van der Waals surface area contributed by atoms with E-state index < -0.39 is 0 Å². The molecule has 5 heteroatoms. The molecule has 0 saturated heterocycles. The van der Waals surface area contributed by atoms with Crippen LogP contribution in [-0.4, -0.2) is 21.7 Å². The lowest BCUT2D eigenvalue weighted by atomic mass is 9.89. The van der Waals surface area contributed by atoms with Crippen LogP contribution in [0.15, 0.2) is 40.6 Å². The van der Waals surface area contributed by atoms with Crippen LogP contribution in [0.5, 0.6) is 0 Å². The Morgan fingerprint density at radius 1 is 1.15 bits per heavy atom. The highest BCUT2D eigenvalue weighted by molar-refractivity contribution is 7.99. The number of nitrogens with one attached hydrogen (secondary N) is 2. The third kappa shape index (κ3) is 3.76. The molecule has 0 spiro atoms. The zero-order valence-electron chi connectivity index (χ0n) is 11.5. The summed E-state index contributed by atoms with van der Waals surface area (Å²) in [5.74, 6) is 0.854. The van der Waals surface area contributed by atoms with Gasteiger partial charge in [-0.05, 0) is 43.0 Å². The van der Waals surface area contributed by atoms with E-state index in [1.807, 2.05) is 0 Å². The van der Waals surface area contributed by atoms with Gasteiger partial charge in [0.05, 0.1) is 0 Å². The third-order valence-corrected chi connectivity index (χ3v) is 4.68. The minimum Gasteiger partial charge on any atom is -0.385 e. The molecule has 20 heavy (non-hydrogen) atoms. The van der Waals surface area contributed by atoms with Gasteiger partial charge in [-0.2, -0.15) is 5.10 Å². The topological polar surface area (TPSA) is 53.6 Å². The molecule has 106 valence electrons. The second-order valence-electron chi connectivity index (χ2n) is 5.30. The van der Waals surface area contributed by atoms with Crippen LogP contribution in [0.25, 0.3) is 0 Å². The van der Waals surface area contributed by atoms with E-state index in [0.717, 1.165) is 17.6 Å². The molecule has 0 atom stereocenters. The number of aromatic amines is 1. The van der Waals surface area contributed by atoms with Gasteiger partial charge in [0.2, 0.25) is 0 Å². The normalized spacial score (nSPS) is 16.2. The van der Waals surface area contributed by atoms with Crippen LogP contribution in [0.4, 0.5) is 5.69 Å². The first kappa shape index (κ1) is 13.5. The Hall–Kier alpha value is -1.49. The molecule has 1 heterocycles. The van der Waals surface area contributed by atoms with Crippen molar-refractivity contribution in [2.75, 3.05) is 11.9 Å². The van der Waals surface area contributed by atoms with Crippen LogP contribution in [0.1, 0.15) is 32.1 Å². The number of hydrogen-bond acceptors (Lipinski definition) is 4. The average Bonchev–Trinajstić information content (AvgIpc) is 3.01. The van der Waals surface area contributed by atoms with E-state index in [-0.39, 0.29) is 0 Å². The van der Waals surface area contributed by atoms with Crippen molar-refractivity contribution in [2.24, 2.45) is 5.92 Å². The van der Waals surface area contributed by atoms with Gasteiger partial charge >= 0.3 is 0 Å². The van der Waals surface area contributed by atoms with Gasteiger partial charge in [0.1, 0.15) is 6.33 Å². The molecule has 1 aromatic carbocycles. The Kier molecular flexibility index (Phi) is 4.58. The summed E-state index contributed by atoms with van der Waals surface area (Å²) in [6, 6.07) is 8.52. The van der Waals surface area contributed by atoms with Crippen LogP contribution in [-0.2, 0) is 0 Å². The molecule has 2 aromatic rings. The van der Waals surface area contributed by atoms with Gasteiger partial charge in [-0.25, -0.2) is 4.98 Å². The Morgan fingerprint density at radius 2 is 1.95 bits per heavy atom. The van der Waals surface area contributed by atoms with E-state index in [9.17, 15) is 0 Å². The summed E-state index contributed by atoms with van der Waals surface area (Å²) in [4.78, 5) is 5.28. The van der Waals surface area contributed by atoms with E-state index in [0.29, 0.717) is 0 Å². The van der Waals surface area contributed by atoms with Crippen molar-refractivity contribution >= 4 is 17.4 Å². The van der Waals surface area contributed by atoms with E-state index >= 15 is 0 Å². The first-order valence-electron chi connectivity index (χ1n) is 7.27. The van der Waals surface area contributed by atoms with Crippen molar-refractivity contribution in [3.05, 3.63) is 30.6 Å². The molecule has 0 bridgehead atoms. The summed E-state index contributed by atoms with van der Waals surface area (Å²) < 4.78 is 0. The molecular formula is C15H20N4S. The van der Waals surface area contributed by atoms with Crippen molar-refractivity contribution in [2.45, 2.75) is 42.2 Å². The predicted molar refractivity (Wildman–Crippen MR) is 82.0 cm³/mol. The Morgan fingerprint density at radius 3 is 2.65 bits per heavy atom. The molecule has 0 radical (unpaired) electrons. The van der Waals surface area contributed by atoms with Crippen molar-refractivity contribution in [1.29, 1.82) is 0 Å². The maximum atomic E-state index is 4.11. The zero-order chi connectivity index (χ0) is 13.6. The molecule has 0 unspecified atom stereocenters. The zero-order valence-corrected chi connectivity index (χ0v) is 12.3. The lowest BCUT2D eigenvalue weighted by Crippen LogP contribution is -2.16. The molecular weight excluding hydrogens is 268 g/mol. The summed E-state index contributed by atoms with van der Waals surface area (Å²) in [6.45, 7) is 1.11. The summed E-state index contributed by atoms with van der Waals surface area (Å²) >= 11 is 1.59. The predicted octanol–water partition coefficient (Wildman–Crippen LogP) is 3.95. The maximum Gasteiger partial charge on any atom is 0.188 e. The number of nitrogens with zero attached hydrogens (tertiary/aromatic N) is 2. The van der Waals surface area contributed by atoms with E-state index in [4.69, 9.17) is 0 Å². The summed E-state index contributed by atoms with van der Waals surface area (Å²) in [6.07, 6.45) is 8.52. The minimum atomic E-state index is 0.827. The largest absolute Gasteiger partial charge is 0.385 e. The van der Waals surface area contributed by atoms with Crippen molar-refractivity contribution in [3.63, 3.8) is 0 Å². The molecule has 1 saturated carbocycles. The fraction of sp³-hybridized carbons (Fsp3) is 0.467. The number of benzene rings is 1. The van der Waals surface area contributed by atoms with Crippen LogP contribution in [0, 0.1) is 5.92 Å². The van der Waals surface area contributed by atoms with Gasteiger partial charge in [0, 0.05) is 17.1 Å². The monoisotopic (exact) mass is 288 g/mol. The van der Waals surface area contributed by atoms with Crippen molar-refractivity contribution < 1.29 is 0 Å².